The standard InChI is InChI=1S/C40H28/c1-2-13-29-25-31(24-23-27(29)11-1)30-15-9-16-32(26-30)39-35-18-5-7-20-37(35)40(38-21-8-6-19-36(38)39)34-22-10-14-28-12-3-4-17-33(28)34/h1-26,28,33H. The number of hydrogen-bond donors (Lipinski definition) is 0. The molecular formula is C40H28. The van der Waals surface area contributed by atoms with Crippen LogP contribution in [0.3, 0.4) is 0 Å². The lowest BCUT2D eigenvalue weighted by atomic mass is 9.74. The minimum Gasteiger partial charge on any atom is -0.0767 e. The molecule has 2 atom stereocenters. The number of hydrogen-bond acceptors (Lipinski definition) is 0. The summed E-state index contributed by atoms with van der Waals surface area (Å²) in [7, 11) is 0. The van der Waals surface area contributed by atoms with E-state index in [2.05, 4.69) is 158 Å². The van der Waals surface area contributed by atoms with Gasteiger partial charge >= 0.3 is 0 Å². The van der Waals surface area contributed by atoms with Crippen LogP contribution in [-0.2, 0) is 0 Å². The van der Waals surface area contributed by atoms with Crippen LogP contribution < -0.4 is 0 Å². The molecule has 2 aliphatic carbocycles. The molecule has 0 N–H and O–H groups in total. The molecule has 6 aromatic rings. The molecule has 8 rings (SSSR count). The lowest BCUT2D eigenvalue weighted by Gasteiger charge is -2.29. The Balaban J connectivity index is 1.37. The molecule has 0 bridgehead atoms. The zero-order valence-electron chi connectivity index (χ0n) is 22.2. The number of benzene rings is 6. The molecule has 0 aromatic heterocycles. The molecule has 40 heavy (non-hydrogen) atoms. The second-order valence-corrected chi connectivity index (χ2v) is 10.9. The molecule has 0 heterocycles. The average molecular weight is 509 g/mol. The van der Waals surface area contributed by atoms with E-state index in [0.29, 0.717) is 11.8 Å². The van der Waals surface area contributed by atoms with Crippen molar-refractivity contribution in [1.82, 2.24) is 0 Å². The fourth-order valence-electron chi connectivity index (χ4n) is 6.74. The first-order chi connectivity index (χ1) is 19.8. The summed E-state index contributed by atoms with van der Waals surface area (Å²) in [5.74, 6) is 0.754. The summed E-state index contributed by atoms with van der Waals surface area (Å²) in [6.07, 6.45) is 16.0. The molecule has 188 valence electrons. The summed E-state index contributed by atoms with van der Waals surface area (Å²) in [6.45, 7) is 0. The van der Waals surface area contributed by atoms with Crippen molar-refractivity contribution in [1.29, 1.82) is 0 Å². The molecule has 6 aromatic carbocycles. The van der Waals surface area contributed by atoms with E-state index in [9.17, 15) is 0 Å². The Morgan fingerprint density at radius 1 is 0.400 bits per heavy atom. The van der Waals surface area contributed by atoms with Gasteiger partial charge in [-0.15, -0.1) is 0 Å². The van der Waals surface area contributed by atoms with Crippen molar-refractivity contribution in [2.45, 2.75) is 0 Å². The Kier molecular flexibility index (Phi) is 5.38. The van der Waals surface area contributed by atoms with E-state index in [-0.39, 0.29) is 0 Å². The first-order valence-electron chi connectivity index (χ1n) is 14.1. The Morgan fingerprint density at radius 3 is 1.77 bits per heavy atom. The molecule has 0 spiro atoms. The molecule has 2 aliphatic rings. The van der Waals surface area contributed by atoms with Crippen LogP contribution >= 0.6 is 0 Å². The van der Waals surface area contributed by atoms with Gasteiger partial charge in [0.25, 0.3) is 0 Å². The maximum Gasteiger partial charge on any atom is 0.0125 e. The molecule has 2 unspecified atom stereocenters. The predicted octanol–water partition coefficient (Wildman–Crippen LogP) is 10.8. The van der Waals surface area contributed by atoms with Crippen molar-refractivity contribution in [3.05, 3.63) is 163 Å². The van der Waals surface area contributed by atoms with E-state index in [4.69, 9.17) is 0 Å². The molecule has 0 fully saturated rings. The first-order valence-corrected chi connectivity index (χ1v) is 14.1. The van der Waals surface area contributed by atoms with Gasteiger partial charge in [-0.1, -0.05) is 146 Å². The van der Waals surface area contributed by atoms with Crippen LogP contribution in [0.15, 0.2) is 158 Å². The van der Waals surface area contributed by atoms with E-state index in [0.717, 1.165) is 0 Å². The SMILES string of the molecule is C1=CC2C=CC=C(c3c4ccccc4c(-c4cccc(-c5ccc6ccccc6c5)c4)c4ccccc34)C2C=C1. The second kappa shape index (κ2) is 9.36. The van der Waals surface area contributed by atoms with Gasteiger partial charge in [0.15, 0.2) is 0 Å². The second-order valence-electron chi connectivity index (χ2n) is 10.9. The topological polar surface area (TPSA) is 0 Å². The first kappa shape index (κ1) is 23.0. The van der Waals surface area contributed by atoms with E-state index in [1.165, 1.54) is 65.7 Å². The van der Waals surface area contributed by atoms with Crippen LogP contribution in [0.1, 0.15) is 5.56 Å². The summed E-state index contributed by atoms with van der Waals surface area (Å²) in [6, 6.07) is 42.4. The highest BCUT2D eigenvalue weighted by atomic mass is 14.3. The lowest BCUT2D eigenvalue weighted by Crippen LogP contribution is -2.15. The van der Waals surface area contributed by atoms with Crippen LogP contribution in [0.2, 0.25) is 0 Å². The van der Waals surface area contributed by atoms with E-state index in [1.54, 1.807) is 0 Å². The van der Waals surface area contributed by atoms with Crippen molar-refractivity contribution < 1.29 is 0 Å². The van der Waals surface area contributed by atoms with Gasteiger partial charge in [0.2, 0.25) is 0 Å². The van der Waals surface area contributed by atoms with Gasteiger partial charge in [0, 0.05) is 11.8 Å². The van der Waals surface area contributed by atoms with Crippen LogP contribution in [-0.4, -0.2) is 0 Å². The molecule has 0 nitrogen and oxygen atoms in total. The summed E-state index contributed by atoms with van der Waals surface area (Å²) < 4.78 is 0. The number of allylic oxidation sites excluding steroid dienone is 8. The minimum atomic E-state index is 0.351. The van der Waals surface area contributed by atoms with Crippen LogP contribution in [0.4, 0.5) is 0 Å². The van der Waals surface area contributed by atoms with Gasteiger partial charge in [-0.05, 0) is 77.8 Å². The molecule has 0 saturated heterocycles. The minimum absolute atomic E-state index is 0.351. The Hall–Kier alpha value is -4.94. The van der Waals surface area contributed by atoms with Gasteiger partial charge in [-0.3, -0.25) is 0 Å². The highest BCUT2D eigenvalue weighted by Gasteiger charge is 2.27. The lowest BCUT2D eigenvalue weighted by molar-refractivity contribution is 0.679. The fourth-order valence-corrected chi connectivity index (χ4v) is 6.74. The zero-order valence-corrected chi connectivity index (χ0v) is 22.2. The maximum atomic E-state index is 2.37. The van der Waals surface area contributed by atoms with Crippen molar-refractivity contribution >= 4 is 37.9 Å². The van der Waals surface area contributed by atoms with Crippen molar-refractivity contribution in [2.75, 3.05) is 0 Å². The smallest absolute Gasteiger partial charge is 0.0125 e. The summed E-state index contributed by atoms with van der Waals surface area (Å²) in [5.41, 5.74) is 7.80. The zero-order chi connectivity index (χ0) is 26.5. The van der Waals surface area contributed by atoms with Gasteiger partial charge in [0.1, 0.15) is 0 Å². The normalized spacial score (nSPS) is 17.9. The quantitative estimate of drug-likeness (QED) is 0.209. The van der Waals surface area contributed by atoms with Crippen LogP contribution in [0.5, 0.6) is 0 Å². The fraction of sp³-hybridized carbons (Fsp3) is 0.0500. The monoisotopic (exact) mass is 508 g/mol. The molecule has 0 saturated carbocycles. The van der Waals surface area contributed by atoms with Crippen molar-refractivity contribution in [2.24, 2.45) is 11.8 Å². The van der Waals surface area contributed by atoms with E-state index >= 15 is 0 Å². The van der Waals surface area contributed by atoms with Gasteiger partial charge in [-0.25, -0.2) is 0 Å². The van der Waals surface area contributed by atoms with Crippen LogP contribution in [0, 0.1) is 11.8 Å². The third-order valence-electron chi connectivity index (χ3n) is 8.60. The Labute approximate surface area is 234 Å². The molecule has 0 aliphatic heterocycles. The van der Waals surface area contributed by atoms with Crippen LogP contribution in [0.25, 0.3) is 60.1 Å². The molecule has 0 radical (unpaired) electrons. The Bertz CT molecular complexity index is 2010. The number of rotatable bonds is 3. The Morgan fingerprint density at radius 2 is 1.00 bits per heavy atom. The maximum absolute atomic E-state index is 2.37. The number of fused-ring (bicyclic) bond motifs is 4. The third-order valence-corrected chi connectivity index (χ3v) is 8.60. The van der Waals surface area contributed by atoms with Gasteiger partial charge in [0.05, 0.1) is 0 Å². The highest BCUT2D eigenvalue weighted by molar-refractivity contribution is 6.19. The van der Waals surface area contributed by atoms with Crippen molar-refractivity contribution in [3.8, 4) is 22.3 Å². The third kappa shape index (κ3) is 3.68. The molecule has 0 amide bonds. The van der Waals surface area contributed by atoms with E-state index in [1.807, 2.05) is 0 Å². The highest BCUT2D eigenvalue weighted by Crippen LogP contribution is 2.46. The summed E-state index contributed by atoms with van der Waals surface area (Å²) >= 11 is 0. The van der Waals surface area contributed by atoms with Crippen molar-refractivity contribution in [3.63, 3.8) is 0 Å². The largest absolute Gasteiger partial charge is 0.0767 e. The molecule has 0 heteroatoms. The van der Waals surface area contributed by atoms with Gasteiger partial charge in [-0.2, -0.15) is 0 Å². The summed E-state index contributed by atoms with van der Waals surface area (Å²) in [5, 5.41) is 7.77. The average Bonchev–Trinajstić information content (AvgIpc) is 3.03. The predicted molar refractivity (Wildman–Crippen MR) is 172 cm³/mol. The molecular weight excluding hydrogens is 480 g/mol. The summed E-state index contributed by atoms with van der Waals surface area (Å²) in [4.78, 5) is 0. The van der Waals surface area contributed by atoms with Gasteiger partial charge < -0.3 is 0 Å². The van der Waals surface area contributed by atoms with E-state index < -0.39 is 0 Å².